The van der Waals surface area contributed by atoms with Crippen molar-refractivity contribution in [3.63, 3.8) is 0 Å². The van der Waals surface area contributed by atoms with Crippen LogP contribution in [0.3, 0.4) is 0 Å². The summed E-state index contributed by atoms with van der Waals surface area (Å²) in [6.45, 7) is 3.63. The Bertz CT molecular complexity index is 616. The van der Waals surface area contributed by atoms with Crippen molar-refractivity contribution in [2.24, 2.45) is 0 Å². The molecule has 1 saturated heterocycles. The molecule has 6 heteroatoms. The first-order chi connectivity index (χ1) is 10.1. The van der Waals surface area contributed by atoms with Gasteiger partial charge in [-0.2, -0.15) is 9.57 Å². The molecule has 5 nitrogen and oxygen atoms in total. The molecule has 1 N–H and O–H groups in total. The monoisotopic (exact) mass is 307 g/mol. The topological polar surface area (TPSA) is 73.2 Å². The second-order valence-electron chi connectivity index (χ2n) is 5.21. The molecule has 1 aliphatic heterocycles. The van der Waals surface area contributed by atoms with E-state index in [1.165, 1.54) is 10.4 Å². The van der Waals surface area contributed by atoms with Crippen molar-refractivity contribution in [1.82, 2.24) is 9.62 Å². The molecular formula is C15H21N3O2S. The van der Waals surface area contributed by atoms with Crippen LogP contribution >= 0.6 is 0 Å². The van der Waals surface area contributed by atoms with Gasteiger partial charge in [0.15, 0.2) is 0 Å². The maximum Gasteiger partial charge on any atom is 0.244 e. The summed E-state index contributed by atoms with van der Waals surface area (Å²) < 4.78 is 27.0. The molecule has 21 heavy (non-hydrogen) atoms. The van der Waals surface area contributed by atoms with Crippen molar-refractivity contribution < 1.29 is 8.42 Å². The predicted octanol–water partition coefficient (Wildman–Crippen LogP) is 1.71. The van der Waals surface area contributed by atoms with E-state index < -0.39 is 10.0 Å². The zero-order chi connectivity index (χ0) is 15.3. The minimum Gasteiger partial charge on any atom is -0.313 e. The van der Waals surface area contributed by atoms with Crippen molar-refractivity contribution in [2.75, 3.05) is 19.6 Å². The summed E-state index contributed by atoms with van der Waals surface area (Å²) in [5, 5.41) is 12.5. The van der Waals surface area contributed by atoms with Gasteiger partial charge in [-0.3, -0.25) is 0 Å². The van der Waals surface area contributed by atoms with E-state index in [0.29, 0.717) is 13.1 Å². The fourth-order valence-electron chi connectivity index (χ4n) is 2.65. The van der Waals surface area contributed by atoms with Crippen molar-refractivity contribution in [3.8, 4) is 6.07 Å². The van der Waals surface area contributed by atoms with Gasteiger partial charge < -0.3 is 5.32 Å². The first kappa shape index (κ1) is 16.0. The Morgan fingerprint density at radius 1 is 1.38 bits per heavy atom. The molecule has 0 aromatic heterocycles. The molecule has 1 aromatic rings. The molecular weight excluding hydrogens is 286 g/mol. The van der Waals surface area contributed by atoms with Crippen LogP contribution < -0.4 is 5.32 Å². The largest absolute Gasteiger partial charge is 0.313 e. The summed E-state index contributed by atoms with van der Waals surface area (Å²) in [5.74, 6) is 0. The highest BCUT2D eigenvalue weighted by Gasteiger charge is 2.28. The number of rotatable bonds is 5. The molecule has 114 valence electrons. The second kappa shape index (κ2) is 7.03. The van der Waals surface area contributed by atoms with Gasteiger partial charge >= 0.3 is 0 Å². The summed E-state index contributed by atoms with van der Waals surface area (Å²) >= 11 is 0. The Morgan fingerprint density at radius 2 is 2.14 bits per heavy atom. The number of hydrogen-bond acceptors (Lipinski definition) is 4. The Balaban J connectivity index is 2.25. The fraction of sp³-hybridized carbons (Fsp3) is 0.533. The van der Waals surface area contributed by atoms with E-state index in [1.807, 2.05) is 13.0 Å². The Kier molecular flexibility index (Phi) is 5.34. The van der Waals surface area contributed by atoms with E-state index in [1.54, 1.807) is 18.2 Å². The van der Waals surface area contributed by atoms with E-state index in [4.69, 9.17) is 5.26 Å². The summed E-state index contributed by atoms with van der Waals surface area (Å²) in [7, 11) is -3.62. The average Bonchev–Trinajstić information content (AvgIpc) is 2.53. The highest BCUT2D eigenvalue weighted by atomic mass is 32.2. The Morgan fingerprint density at radius 3 is 2.76 bits per heavy atom. The number of hydrogen-bond donors (Lipinski definition) is 1. The van der Waals surface area contributed by atoms with Crippen molar-refractivity contribution >= 4 is 10.0 Å². The highest BCUT2D eigenvalue weighted by Crippen LogP contribution is 2.21. The van der Waals surface area contributed by atoms with Crippen LogP contribution in [0.25, 0.3) is 0 Å². The van der Waals surface area contributed by atoms with Crippen molar-refractivity contribution in [2.45, 2.75) is 37.1 Å². The molecule has 1 fully saturated rings. The lowest BCUT2D eigenvalue weighted by molar-refractivity contribution is 0.319. The highest BCUT2D eigenvalue weighted by molar-refractivity contribution is 7.89. The molecule has 0 saturated carbocycles. The van der Waals surface area contributed by atoms with Gasteiger partial charge in [-0.05, 0) is 31.5 Å². The van der Waals surface area contributed by atoms with Crippen LogP contribution in [0.2, 0.25) is 0 Å². The average molecular weight is 307 g/mol. The van der Waals surface area contributed by atoms with Crippen LogP contribution in [0.5, 0.6) is 0 Å². The lowest BCUT2D eigenvalue weighted by Crippen LogP contribution is -2.45. The van der Waals surface area contributed by atoms with E-state index in [2.05, 4.69) is 5.32 Å². The number of piperidine rings is 1. The van der Waals surface area contributed by atoms with Gasteiger partial charge in [0.05, 0.1) is 10.5 Å². The Labute approximate surface area is 126 Å². The smallest absolute Gasteiger partial charge is 0.244 e. The maximum atomic E-state index is 12.8. The van der Waals surface area contributed by atoms with Gasteiger partial charge in [-0.15, -0.1) is 0 Å². The lowest BCUT2D eigenvalue weighted by Gasteiger charge is -2.29. The SMILES string of the molecule is CCN(CC1CCCCN1)S(=O)(=O)c1ccccc1C#N. The molecule has 0 aliphatic carbocycles. The van der Waals surface area contributed by atoms with Gasteiger partial charge in [0, 0.05) is 19.1 Å². The number of nitrogens with zero attached hydrogens (tertiary/aromatic N) is 2. The van der Waals surface area contributed by atoms with Crippen LogP contribution in [-0.4, -0.2) is 38.4 Å². The zero-order valence-corrected chi connectivity index (χ0v) is 13.1. The van der Waals surface area contributed by atoms with Crippen LogP contribution in [0.1, 0.15) is 31.7 Å². The standard InChI is InChI=1S/C15H21N3O2S/c1-2-18(12-14-8-5-6-10-17-14)21(19,20)15-9-4-3-7-13(15)11-16/h3-4,7,9,14,17H,2,5-6,8,10,12H2,1H3. The predicted molar refractivity (Wildman–Crippen MR) is 81.2 cm³/mol. The van der Waals surface area contributed by atoms with Crippen molar-refractivity contribution in [1.29, 1.82) is 5.26 Å². The number of benzene rings is 1. The lowest BCUT2D eigenvalue weighted by atomic mass is 10.1. The zero-order valence-electron chi connectivity index (χ0n) is 12.2. The molecule has 0 amide bonds. The van der Waals surface area contributed by atoms with Crippen LogP contribution in [0.15, 0.2) is 29.2 Å². The number of likely N-dealkylation sites (N-methyl/N-ethyl adjacent to an activating group) is 1. The second-order valence-corrected chi connectivity index (χ2v) is 7.12. The molecule has 0 radical (unpaired) electrons. The van der Waals surface area contributed by atoms with E-state index in [0.717, 1.165) is 25.8 Å². The normalized spacial score (nSPS) is 19.4. The van der Waals surface area contributed by atoms with E-state index in [-0.39, 0.29) is 16.5 Å². The van der Waals surface area contributed by atoms with E-state index >= 15 is 0 Å². The minimum atomic E-state index is -3.62. The summed E-state index contributed by atoms with van der Waals surface area (Å²) in [6.07, 6.45) is 3.27. The third-order valence-corrected chi connectivity index (χ3v) is 5.81. The summed E-state index contributed by atoms with van der Waals surface area (Å²) in [6, 6.07) is 8.54. The summed E-state index contributed by atoms with van der Waals surface area (Å²) in [4.78, 5) is 0.102. The molecule has 0 bridgehead atoms. The molecule has 1 unspecified atom stereocenters. The number of nitriles is 1. The maximum absolute atomic E-state index is 12.8. The molecule has 1 aromatic carbocycles. The first-order valence-electron chi connectivity index (χ1n) is 7.32. The van der Waals surface area contributed by atoms with E-state index in [9.17, 15) is 8.42 Å². The molecule has 1 heterocycles. The van der Waals surface area contributed by atoms with Gasteiger partial charge in [0.2, 0.25) is 10.0 Å². The van der Waals surface area contributed by atoms with Gasteiger partial charge in [-0.25, -0.2) is 8.42 Å². The van der Waals surface area contributed by atoms with Gasteiger partial charge in [0.1, 0.15) is 6.07 Å². The first-order valence-corrected chi connectivity index (χ1v) is 8.76. The van der Waals surface area contributed by atoms with Crippen LogP contribution in [0, 0.1) is 11.3 Å². The summed E-state index contributed by atoms with van der Waals surface area (Å²) in [5.41, 5.74) is 0.201. The Hall–Kier alpha value is -1.42. The molecule has 2 rings (SSSR count). The van der Waals surface area contributed by atoms with Crippen LogP contribution in [-0.2, 0) is 10.0 Å². The van der Waals surface area contributed by atoms with Crippen molar-refractivity contribution in [3.05, 3.63) is 29.8 Å². The van der Waals surface area contributed by atoms with Crippen LogP contribution in [0.4, 0.5) is 0 Å². The molecule has 1 aliphatic rings. The van der Waals surface area contributed by atoms with Gasteiger partial charge in [-0.1, -0.05) is 25.5 Å². The minimum absolute atomic E-state index is 0.102. The quantitative estimate of drug-likeness (QED) is 0.899. The number of sulfonamides is 1. The third kappa shape index (κ3) is 3.62. The third-order valence-electron chi connectivity index (χ3n) is 3.81. The molecule has 0 spiro atoms. The molecule has 1 atom stereocenters. The van der Waals surface area contributed by atoms with Gasteiger partial charge in [0.25, 0.3) is 0 Å². The fourth-order valence-corrected chi connectivity index (χ4v) is 4.28. The number of nitrogens with one attached hydrogen (secondary N) is 1.